The monoisotopic (exact) mass is 415 g/mol. The lowest BCUT2D eigenvalue weighted by atomic mass is 10.0. The predicted molar refractivity (Wildman–Crippen MR) is 96.2 cm³/mol. The molecule has 0 bridgehead atoms. The van der Waals surface area contributed by atoms with Crippen molar-refractivity contribution < 1.29 is 22.6 Å². The van der Waals surface area contributed by atoms with Crippen LogP contribution < -0.4 is 10.5 Å². The van der Waals surface area contributed by atoms with E-state index in [2.05, 4.69) is 5.10 Å². The van der Waals surface area contributed by atoms with Crippen LogP contribution in [0.1, 0.15) is 12.0 Å². The second-order valence-electron chi connectivity index (χ2n) is 6.86. The number of hydrogen-bond acceptors (Lipinski definition) is 5. The maximum absolute atomic E-state index is 13.0. The van der Waals surface area contributed by atoms with Crippen molar-refractivity contribution >= 4 is 17.3 Å². The Morgan fingerprint density at radius 1 is 1.25 bits per heavy atom. The Morgan fingerprint density at radius 2 is 2.07 bits per heavy atom. The summed E-state index contributed by atoms with van der Waals surface area (Å²) in [7, 11) is 0. The molecular weight excluding hydrogens is 399 g/mol. The Morgan fingerprint density at radius 3 is 2.79 bits per heavy atom. The smallest absolute Gasteiger partial charge is 0.378 e. The first kappa shape index (κ1) is 19.2. The van der Waals surface area contributed by atoms with Gasteiger partial charge in [0.05, 0.1) is 36.3 Å². The molecular formula is C18H17ClF3N3O3. The summed E-state index contributed by atoms with van der Waals surface area (Å²) in [4.78, 5) is 14.6. The summed E-state index contributed by atoms with van der Waals surface area (Å²) in [6, 6.07) is 4.39. The second-order valence-corrected chi connectivity index (χ2v) is 7.24. The molecule has 0 saturated carbocycles. The van der Waals surface area contributed by atoms with Crippen molar-refractivity contribution in [3.05, 3.63) is 51.4 Å². The van der Waals surface area contributed by atoms with Crippen molar-refractivity contribution in [2.24, 2.45) is 0 Å². The molecule has 2 aliphatic heterocycles. The van der Waals surface area contributed by atoms with Gasteiger partial charge in [0.25, 0.3) is 5.56 Å². The van der Waals surface area contributed by atoms with E-state index in [0.717, 1.165) is 23.2 Å². The van der Waals surface area contributed by atoms with Crippen LogP contribution in [0.2, 0.25) is 5.02 Å². The highest BCUT2D eigenvalue weighted by Crippen LogP contribution is 2.33. The Kier molecular flexibility index (Phi) is 4.84. The van der Waals surface area contributed by atoms with Gasteiger partial charge in [-0.15, -0.1) is 0 Å². The molecule has 4 rings (SSSR count). The maximum atomic E-state index is 13.0. The first-order valence-corrected chi connectivity index (χ1v) is 9.09. The highest BCUT2D eigenvalue weighted by Gasteiger charge is 2.41. The normalized spacial score (nSPS) is 22.8. The molecule has 150 valence electrons. The number of hydrogen-bond donors (Lipinski definition) is 0. The van der Waals surface area contributed by atoms with Crippen LogP contribution in [0.3, 0.4) is 0 Å². The van der Waals surface area contributed by atoms with E-state index in [0.29, 0.717) is 38.6 Å². The van der Waals surface area contributed by atoms with Gasteiger partial charge in [-0.2, -0.15) is 23.0 Å². The quantitative estimate of drug-likeness (QED) is 0.755. The van der Waals surface area contributed by atoms with Crippen LogP contribution in [-0.2, 0) is 15.7 Å². The number of ether oxygens (including phenoxy) is 2. The van der Waals surface area contributed by atoms with Crippen molar-refractivity contribution in [3.8, 4) is 5.69 Å². The first-order chi connectivity index (χ1) is 13.3. The van der Waals surface area contributed by atoms with Gasteiger partial charge in [0.15, 0.2) is 0 Å². The van der Waals surface area contributed by atoms with Crippen LogP contribution in [0.25, 0.3) is 5.69 Å². The first-order valence-electron chi connectivity index (χ1n) is 8.71. The third-order valence-corrected chi connectivity index (χ3v) is 5.33. The number of aromatic nitrogens is 2. The zero-order valence-corrected chi connectivity index (χ0v) is 15.5. The molecule has 0 radical (unpaired) electrons. The minimum Gasteiger partial charge on any atom is -0.378 e. The summed E-state index contributed by atoms with van der Waals surface area (Å²) in [6.45, 7) is 2.56. The number of rotatable bonds is 2. The molecule has 28 heavy (non-hydrogen) atoms. The summed E-state index contributed by atoms with van der Waals surface area (Å²) >= 11 is 6.30. The predicted octanol–water partition coefficient (Wildman–Crippen LogP) is 2.90. The Hall–Kier alpha value is -2.10. The van der Waals surface area contributed by atoms with Crippen molar-refractivity contribution in [1.29, 1.82) is 0 Å². The molecule has 0 N–H and O–H groups in total. The van der Waals surface area contributed by atoms with Crippen molar-refractivity contribution in [2.75, 3.05) is 37.8 Å². The lowest BCUT2D eigenvalue weighted by molar-refractivity contribution is -0.137. The fourth-order valence-corrected chi connectivity index (χ4v) is 3.77. The summed E-state index contributed by atoms with van der Waals surface area (Å²) in [5.41, 5.74) is -1.55. The highest BCUT2D eigenvalue weighted by atomic mass is 35.5. The molecule has 10 heteroatoms. The van der Waals surface area contributed by atoms with E-state index in [1.54, 1.807) is 0 Å². The van der Waals surface area contributed by atoms with E-state index < -0.39 is 22.9 Å². The Labute approximate surface area is 163 Å². The molecule has 2 fully saturated rings. The number of anilines is 1. The molecule has 6 nitrogen and oxygen atoms in total. The highest BCUT2D eigenvalue weighted by molar-refractivity contribution is 6.33. The van der Waals surface area contributed by atoms with Gasteiger partial charge >= 0.3 is 6.18 Å². The Bertz CT molecular complexity index is 942. The molecule has 1 atom stereocenters. The molecule has 0 amide bonds. The summed E-state index contributed by atoms with van der Waals surface area (Å²) in [6.07, 6.45) is -2.37. The molecule has 2 aromatic rings. The van der Waals surface area contributed by atoms with Gasteiger partial charge in [0.1, 0.15) is 10.6 Å². The third-order valence-electron chi connectivity index (χ3n) is 4.97. The number of alkyl halides is 3. The van der Waals surface area contributed by atoms with Crippen LogP contribution >= 0.6 is 11.6 Å². The molecule has 1 spiro atoms. The molecule has 0 aliphatic carbocycles. The second kappa shape index (κ2) is 7.06. The minimum atomic E-state index is -4.52. The van der Waals surface area contributed by atoms with Gasteiger partial charge in [-0.25, -0.2) is 0 Å². The van der Waals surface area contributed by atoms with Gasteiger partial charge in [-0.05, 0) is 18.2 Å². The lowest BCUT2D eigenvalue weighted by Crippen LogP contribution is -2.52. The molecule has 2 saturated heterocycles. The van der Waals surface area contributed by atoms with Gasteiger partial charge in [0.2, 0.25) is 0 Å². The lowest BCUT2D eigenvalue weighted by Gasteiger charge is -2.40. The van der Waals surface area contributed by atoms with Crippen LogP contribution in [0.15, 0.2) is 35.3 Å². The SMILES string of the molecule is O=c1c(Cl)c(N2CCOC3(CCOC3)C2)cnn1-c1cccc(C(F)(F)F)c1. The van der Waals surface area contributed by atoms with Crippen molar-refractivity contribution in [3.63, 3.8) is 0 Å². The van der Waals surface area contributed by atoms with E-state index in [4.69, 9.17) is 21.1 Å². The zero-order chi connectivity index (χ0) is 19.9. The van der Waals surface area contributed by atoms with E-state index in [1.165, 1.54) is 18.3 Å². The fourth-order valence-electron chi connectivity index (χ4n) is 3.52. The van der Waals surface area contributed by atoms with E-state index in [-0.39, 0.29) is 10.7 Å². The van der Waals surface area contributed by atoms with E-state index >= 15 is 0 Å². The number of nitrogens with zero attached hydrogens (tertiary/aromatic N) is 3. The van der Waals surface area contributed by atoms with E-state index in [9.17, 15) is 18.0 Å². The summed E-state index contributed by atoms with van der Waals surface area (Å²) in [5.74, 6) is 0. The fraction of sp³-hybridized carbons (Fsp3) is 0.444. The zero-order valence-electron chi connectivity index (χ0n) is 14.7. The van der Waals surface area contributed by atoms with Crippen LogP contribution in [0, 0.1) is 0 Å². The minimum absolute atomic E-state index is 0.00378. The number of morpholine rings is 1. The van der Waals surface area contributed by atoms with Gasteiger partial charge in [-0.3, -0.25) is 4.79 Å². The van der Waals surface area contributed by atoms with Crippen molar-refractivity contribution in [1.82, 2.24) is 9.78 Å². The topological polar surface area (TPSA) is 56.6 Å². The largest absolute Gasteiger partial charge is 0.416 e. The van der Waals surface area contributed by atoms with Crippen LogP contribution in [0.5, 0.6) is 0 Å². The third kappa shape index (κ3) is 3.49. The van der Waals surface area contributed by atoms with Crippen LogP contribution in [0.4, 0.5) is 18.9 Å². The van der Waals surface area contributed by atoms with E-state index in [1.807, 2.05) is 4.90 Å². The standard InChI is InChI=1S/C18H17ClF3N3O3/c19-15-14(24-5-7-28-17(10-24)4-6-27-11-17)9-23-25(16(15)26)13-3-1-2-12(8-13)18(20,21)22/h1-3,8-9H,4-7,10-11H2. The molecule has 1 unspecified atom stereocenters. The number of benzene rings is 1. The molecule has 3 heterocycles. The van der Waals surface area contributed by atoms with Gasteiger partial charge in [0, 0.05) is 26.1 Å². The summed E-state index contributed by atoms with van der Waals surface area (Å²) < 4.78 is 51.0. The molecule has 2 aliphatic rings. The summed E-state index contributed by atoms with van der Waals surface area (Å²) in [5, 5.41) is 3.97. The number of halogens is 4. The molecule has 1 aromatic heterocycles. The average Bonchev–Trinajstić information content (AvgIpc) is 3.11. The Balaban J connectivity index is 1.67. The van der Waals surface area contributed by atoms with Crippen LogP contribution in [-0.4, -0.2) is 48.3 Å². The maximum Gasteiger partial charge on any atom is 0.416 e. The van der Waals surface area contributed by atoms with Gasteiger partial charge < -0.3 is 14.4 Å². The molecule has 1 aromatic carbocycles. The van der Waals surface area contributed by atoms with Gasteiger partial charge in [-0.1, -0.05) is 17.7 Å². The average molecular weight is 416 g/mol. The van der Waals surface area contributed by atoms with Crippen molar-refractivity contribution in [2.45, 2.75) is 18.2 Å².